The van der Waals surface area contributed by atoms with Gasteiger partial charge in [0, 0.05) is 11.6 Å². The standard InChI is InChI=1S/C16H16O4/c1-3-5-13-11(2)15(10-14(13)17)20-16(18)8-7-12-6-4-9-19-12/h3-4,6-9,15H,1,5,10H2,2H3/b8-7+. The van der Waals surface area contributed by atoms with E-state index in [9.17, 15) is 9.59 Å². The van der Waals surface area contributed by atoms with Crippen molar-refractivity contribution >= 4 is 17.8 Å². The molecule has 4 nitrogen and oxygen atoms in total. The largest absolute Gasteiger partial charge is 0.465 e. The first-order chi connectivity index (χ1) is 9.61. The molecule has 20 heavy (non-hydrogen) atoms. The first kappa shape index (κ1) is 14.1. The molecule has 0 aliphatic heterocycles. The van der Waals surface area contributed by atoms with Gasteiger partial charge < -0.3 is 9.15 Å². The molecule has 0 N–H and O–H groups in total. The van der Waals surface area contributed by atoms with E-state index in [1.807, 2.05) is 6.92 Å². The number of hydrogen-bond acceptors (Lipinski definition) is 4. The van der Waals surface area contributed by atoms with Gasteiger partial charge in [0.05, 0.1) is 12.7 Å². The maximum absolute atomic E-state index is 11.8. The Kier molecular flexibility index (Phi) is 4.35. The summed E-state index contributed by atoms with van der Waals surface area (Å²) in [6.45, 7) is 5.44. The number of ketones is 1. The van der Waals surface area contributed by atoms with Gasteiger partial charge in [-0.3, -0.25) is 4.79 Å². The van der Waals surface area contributed by atoms with Gasteiger partial charge in [-0.15, -0.1) is 6.58 Å². The first-order valence-electron chi connectivity index (χ1n) is 6.37. The number of hydrogen-bond donors (Lipinski definition) is 0. The lowest BCUT2D eigenvalue weighted by Gasteiger charge is -2.11. The summed E-state index contributed by atoms with van der Waals surface area (Å²) in [6, 6.07) is 3.46. The summed E-state index contributed by atoms with van der Waals surface area (Å²) in [5, 5.41) is 0. The zero-order chi connectivity index (χ0) is 14.5. The normalized spacial score (nSPS) is 18.9. The van der Waals surface area contributed by atoms with Gasteiger partial charge in [-0.1, -0.05) is 6.08 Å². The molecule has 1 aromatic heterocycles. The second kappa shape index (κ2) is 6.19. The van der Waals surface area contributed by atoms with E-state index in [0.717, 1.165) is 5.57 Å². The Balaban J connectivity index is 1.98. The molecule has 0 amide bonds. The van der Waals surface area contributed by atoms with Crippen molar-refractivity contribution in [3.63, 3.8) is 0 Å². The Bertz CT molecular complexity index is 576. The molecule has 1 aliphatic rings. The molecule has 1 heterocycles. The molecule has 0 spiro atoms. The number of carbonyl (C=O) groups is 2. The average molecular weight is 272 g/mol. The predicted octanol–water partition coefficient (Wildman–Crippen LogP) is 3.07. The second-order valence-electron chi connectivity index (χ2n) is 4.56. The molecule has 4 heteroatoms. The van der Waals surface area contributed by atoms with Gasteiger partial charge in [0.25, 0.3) is 0 Å². The highest BCUT2D eigenvalue weighted by atomic mass is 16.5. The quantitative estimate of drug-likeness (QED) is 0.469. The minimum atomic E-state index is -0.488. The van der Waals surface area contributed by atoms with E-state index in [-0.39, 0.29) is 12.2 Å². The van der Waals surface area contributed by atoms with Crippen molar-refractivity contribution in [1.82, 2.24) is 0 Å². The van der Waals surface area contributed by atoms with Crippen LogP contribution in [-0.4, -0.2) is 17.9 Å². The molecule has 1 aliphatic carbocycles. The van der Waals surface area contributed by atoms with Crippen LogP contribution in [0.25, 0.3) is 6.08 Å². The van der Waals surface area contributed by atoms with E-state index in [1.54, 1.807) is 18.2 Å². The summed E-state index contributed by atoms with van der Waals surface area (Å²) < 4.78 is 10.4. The molecule has 0 bridgehead atoms. The minimum Gasteiger partial charge on any atom is -0.465 e. The van der Waals surface area contributed by atoms with Crippen LogP contribution in [0.1, 0.15) is 25.5 Å². The first-order valence-corrected chi connectivity index (χ1v) is 6.37. The highest BCUT2D eigenvalue weighted by molar-refractivity contribution is 6.00. The van der Waals surface area contributed by atoms with Gasteiger partial charge in [0.1, 0.15) is 11.9 Å². The van der Waals surface area contributed by atoms with Crippen LogP contribution >= 0.6 is 0 Å². The third-order valence-corrected chi connectivity index (χ3v) is 3.20. The van der Waals surface area contributed by atoms with Crippen LogP contribution in [0.5, 0.6) is 0 Å². The number of rotatable bonds is 5. The highest BCUT2D eigenvalue weighted by Crippen LogP contribution is 2.28. The molecule has 1 aromatic rings. The Labute approximate surface area is 117 Å². The lowest BCUT2D eigenvalue weighted by molar-refractivity contribution is -0.141. The van der Waals surface area contributed by atoms with Crippen LogP contribution < -0.4 is 0 Å². The average Bonchev–Trinajstić information content (AvgIpc) is 3.01. The van der Waals surface area contributed by atoms with E-state index in [4.69, 9.17) is 9.15 Å². The zero-order valence-electron chi connectivity index (χ0n) is 11.3. The molecule has 0 saturated carbocycles. The molecule has 2 rings (SSSR count). The molecule has 1 unspecified atom stereocenters. The Morgan fingerprint density at radius 2 is 2.40 bits per heavy atom. The molecular formula is C16H16O4. The fourth-order valence-corrected chi connectivity index (χ4v) is 2.12. The fraction of sp³-hybridized carbons (Fsp3) is 0.250. The Morgan fingerprint density at radius 1 is 1.60 bits per heavy atom. The maximum atomic E-state index is 11.8. The molecule has 0 radical (unpaired) electrons. The van der Waals surface area contributed by atoms with E-state index < -0.39 is 12.1 Å². The van der Waals surface area contributed by atoms with Crippen LogP contribution in [0.4, 0.5) is 0 Å². The van der Waals surface area contributed by atoms with Gasteiger partial charge in [0.2, 0.25) is 0 Å². The number of Topliss-reactive ketones (excluding diaryl/α,β-unsaturated/α-hetero) is 1. The zero-order valence-corrected chi connectivity index (χ0v) is 11.3. The third kappa shape index (κ3) is 3.15. The van der Waals surface area contributed by atoms with E-state index in [1.165, 1.54) is 18.4 Å². The lowest BCUT2D eigenvalue weighted by atomic mass is 10.1. The Hall–Kier alpha value is -2.36. The highest BCUT2D eigenvalue weighted by Gasteiger charge is 2.30. The molecular weight excluding hydrogens is 256 g/mol. The van der Waals surface area contributed by atoms with Crippen molar-refractivity contribution in [2.24, 2.45) is 0 Å². The smallest absolute Gasteiger partial charge is 0.331 e. The number of allylic oxidation sites excluding steroid dienone is 2. The fourth-order valence-electron chi connectivity index (χ4n) is 2.12. The van der Waals surface area contributed by atoms with Crippen LogP contribution in [0, 0.1) is 0 Å². The molecule has 0 saturated heterocycles. The number of ether oxygens (including phenoxy) is 1. The topological polar surface area (TPSA) is 56.5 Å². The predicted molar refractivity (Wildman–Crippen MR) is 74.8 cm³/mol. The summed E-state index contributed by atoms with van der Waals surface area (Å²) >= 11 is 0. The maximum Gasteiger partial charge on any atom is 0.331 e. The van der Waals surface area contributed by atoms with Crippen LogP contribution in [0.15, 0.2) is 52.7 Å². The van der Waals surface area contributed by atoms with Crippen LogP contribution in [0.2, 0.25) is 0 Å². The molecule has 1 atom stereocenters. The second-order valence-corrected chi connectivity index (χ2v) is 4.56. The molecule has 0 aromatic carbocycles. The molecule has 0 fully saturated rings. The summed E-state index contributed by atoms with van der Waals surface area (Å²) in [5.74, 6) is 0.109. The number of carbonyl (C=O) groups excluding carboxylic acids is 2. The number of furan rings is 1. The number of esters is 1. The van der Waals surface area contributed by atoms with E-state index in [2.05, 4.69) is 6.58 Å². The van der Waals surface area contributed by atoms with Gasteiger partial charge in [-0.25, -0.2) is 4.79 Å². The van der Waals surface area contributed by atoms with Crippen LogP contribution in [0.3, 0.4) is 0 Å². The molecule has 104 valence electrons. The van der Waals surface area contributed by atoms with Crippen molar-refractivity contribution in [1.29, 1.82) is 0 Å². The third-order valence-electron chi connectivity index (χ3n) is 3.20. The van der Waals surface area contributed by atoms with Gasteiger partial charge in [0.15, 0.2) is 5.78 Å². The summed E-state index contributed by atoms with van der Waals surface area (Å²) in [7, 11) is 0. The van der Waals surface area contributed by atoms with Crippen LogP contribution in [-0.2, 0) is 14.3 Å². The van der Waals surface area contributed by atoms with Gasteiger partial charge in [-0.2, -0.15) is 0 Å². The van der Waals surface area contributed by atoms with Crippen molar-refractivity contribution in [2.45, 2.75) is 25.9 Å². The van der Waals surface area contributed by atoms with Crippen molar-refractivity contribution in [3.8, 4) is 0 Å². The van der Waals surface area contributed by atoms with E-state index >= 15 is 0 Å². The van der Waals surface area contributed by atoms with Crippen molar-refractivity contribution in [2.75, 3.05) is 0 Å². The summed E-state index contributed by atoms with van der Waals surface area (Å²) in [6.07, 6.45) is 6.29. The monoisotopic (exact) mass is 272 g/mol. The van der Waals surface area contributed by atoms with Gasteiger partial charge in [-0.05, 0) is 37.1 Å². The van der Waals surface area contributed by atoms with Crippen molar-refractivity contribution < 1.29 is 18.7 Å². The Morgan fingerprint density at radius 3 is 3.05 bits per heavy atom. The SMILES string of the molecule is C=CCC1=C(C)C(OC(=O)/C=C/c2ccco2)CC1=O. The summed E-state index contributed by atoms with van der Waals surface area (Å²) in [4.78, 5) is 23.5. The summed E-state index contributed by atoms with van der Waals surface area (Å²) in [5.41, 5.74) is 1.52. The van der Waals surface area contributed by atoms with Crippen molar-refractivity contribution in [3.05, 3.63) is 54.0 Å². The lowest BCUT2D eigenvalue weighted by Crippen LogP contribution is -2.16. The minimum absolute atomic E-state index is 0.0233. The van der Waals surface area contributed by atoms with Gasteiger partial charge >= 0.3 is 5.97 Å². The van der Waals surface area contributed by atoms with E-state index in [0.29, 0.717) is 17.8 Å².